The van der Waals surface area contributed by atoms with Crippen molar-refractivity contribution in [3.05, 3.63) is 88.3 Å². The molecule has 0 radical (unpaired) electrons. The summed E-state index contributed by atoms with van der Waals surface area (Å²) in [4.78, 5) is 14.4. The molecule has 0 aliphatic carbocycles. The summed E-state index contributed by atoms with van der Waals surface area (Å²) in [5.74, 6) is 0.342. The molecule has 0 saturated carbocycles. The molecule has 2 aromatic carbocycles. The van der Waals surface area contributed by atoms with Crippen LogP contribution in [0.2, 0.25) is 5.15 Å². The van der Waals surface area contributed by atoms with Gasteiger partial charge in [-0.25, -0.2) is 18.7 Å². The van der Waals surface area contributed by atoms with Gasteiger partial charge >= 0.3 is 0 Å². The van der Waals surface area contributed by atoms with E-state index in [4.69, 9.17) is 21.3 Å². The van der Waals surface area contributed by atoms with Crippen LogP contribution in [0.1, 0.15) is 49.7 Å². The number of piperazine rings is 1. The van der Waals surface area contributed by atoms with Crippen LogP contribution in [0, 0.1) is 18.6 Å². The van der Waals surface area contributed by atoms with Gasteiger partial charge in [-0.2, -0.15) is 0 Å². The Morgan fingerprint density at radius 2 is 1.60 bits per heavy atom. The number of imidazole rings is 1. The number of hydrogen-bond donors (Lipinski definition) is 0. The quantitative estimate of drug-likeness (QED) is 0.248. The van der Waals surface area contributed by atoms with Crippen LogP contribution in [0.5, 0.6) is 0 Å². The molecule has 0 bridgehead atoms. The van der Waals surface area contributed by atoms with Gasteiger partial charge in [0, 0.05) is 37.8 Å². The van der Waals surface area contributed by atoms with Crippen molar-refractivity contribution in [3.8, 4) is 0 Å². The maximum absolute atomic E-state index is 13.8. The highest BCUT2D eigenvalue weighted by atomic mass is 35.5. The molecule has 2 aliphatic heterocycles. The van der Waals surface area contributed by atoms with Gasteiger partial charge in [0.2, 0.25) is 0 Å². The van der Waals surface area contributed by atoms with Crippen molar-refractivity contribution >= 4 is 28.5 Å². The first-order chi connectivity index (χ1) is 19.3. The number of halogens is 3. The van der Waals surface area contributed by atoms with Gasteiger partial charge < -0.3 is 14.2 Å². The highest BCUT2D eigenvalue weighted by Gasteiger charge is 2.36. The topological polar surface area (TPSA) is 46.4 Å². The Labute approximate surface area is 238 Å². The number of pyridine rings is 1. The van der Waals surface area contributed by atoms with Crippen molar-refractivity contribution < 1.29 is 13.5 Å². The third-order valence-electron chi connectivity index (χ3n) is 8.30. The van der Waals surface area contributed by atoms with Crippen molar-refractivity contribution in [2.75, 3.05) is 24.6 Å². The van der Waals surface area contributed by atoms with E-state index in [9.17, 15) is 8.78 Å². The number of fused-ring (bicyclic) bond motifs is 1. The lowest BCUT2D eigenvalue weighted by atomic mass is 9.93. The number of ether oxygens (including phenoxy) is 1. The molecule has 3 atom stereocenters. The molecule has 0 amide bonds. The Balaban J connectivity index is 1.34. The van der Waals surface area contributed by atoms with E-state index in [1.54, 1.807) is 0 Å². The van der Waals surface area contributed by atoms with Crippen LogP contribution in [0.4, 0.5) is 14.5 Å². The van der Waals surface area contributed by atoms with E-state index in [1.165, 1.54) is 24.3 Å². The largest absolute Gasteiger partial charge is 0.376 e. The van der Waals surface area contributed by atoms with Gasteiger partial charge in [-0.1, -0.05) is 35.9 Å². The summed E-state index contributed by atoms with van der Waals surface area (Å²) in [6, 6.07) is 15.2. The van der Waals surface area contributed by atoms with E-state index in [0.717, 1.165) is 66.3 Å². The van der Waals surface area contributed by atoms with E-state index in [-0.39, 0.29) is 35.9 Å². The molecule has 9 heteroatoms. The molecule has 0 unspecified atom stereocenters. The summed E-state index contributed by atoms with van der Waals surface area (Å²) in [5.41, 5.74) is 4.55. The number of aryl methyl sites for hydroxylation is 1. The van der Waals surface area contributed by atoms with E-state index in [0.29, 0.717) is 11.7 Å². The molecular weight excluding hydrogens is 532 g/mol. The van der Waals surface area contributed by atoms with Crippen molar-refractivity contribution in [2.24, 2.45) is 0 Å². The summed E-state index contributed by atoms with van der Waals surface area (Å²) < 4.78 is 35.7. The highest BCUT2D eigenvalue weighted by molar-refractivity contribution is 6.30. The summed E-state index contributed by atoms with van der Waals surface area (Å²) in [6.45, 7) is 9.37. The molecule has 210 valence electrons. The number of hydrogen-bond acceptors (Lipinski definition) is 5. The lowest BCUT2D eigenvalue weighted by Gasteiger charge is -2.48. The summed E-state index contributed by atoms with van der Waals surface area (Å²) in [5, 5.41) is 0.439. The monoisotopic (exact) mass is 565 g/mol. The van der Waals surface area contributed by atoms with Crippen LogP contribution in [0.3, 0.4) is 0 Å². The van der Waals surface area contributed by atoms with E-state index >= 15 is 0 Å². The first-order valence-electron chi connectivity index (χ1n) is 14.0. The predicted molar refractivity (Wildman–Crippen MR) is 154 cm³/mol. The fraction of sp³-hybridized carbons (Fsp3) is 0.419. The molecule has 0 N–H and O–H groups in total. The van der Waals surface area contributed by atoms with Crippen molar-refractivity contribution in [1.29, 1.82) is 0 Å². The second kappa shape index (κ2) is 11.1. The van der Waals surface area contributed by atoms with Crippen LogP contribution >= 0.6 is 11.6 Å². The zero-order valence-electron chi connectivity index (χ0n) is 23.0. The van der Waals surface area contributed by atoms with Gasteiger partial charge in [0.1, 0.15) is 28.1 Å². The summed E-state index contributed by atoms with van der Waals surface area (Å²) in [7, 11) is 0. The smallest absolute Gasteiger partial charge is 0.163 e. The Hall–Kier alpha value is -3.07. The van der Waals surface area contributed by atoms with Crippen LogP contribution < -0.4 is 4.90 Å². The molecule has 2 aliphatic rings. The summed E-state index contributed by atoms with van der Waals surface area (Å²) in [6.07, 6.45) is 2.27. The van der Waals surface area contributed by atoms with Crippen LogP contribution in [0.25, 0.3) is 11.2 Å². The van der Waals surface area contributed by atoms with Crippen LogP contribution in [0.15, 0.2) is 54.6 Å². The minimum atomic E-state index is -0.277. The van der Waals surface area contributed by atoms with E-state index in [1.807, 2.05) is 37.3 Å². The van der Waals surface area contributed by atoms with Crippen molar-refractivity contribution in [1.82, 2.24) is 19.4 Å². The molecule has 0 spiro atoms. The lowest BCUT2D eigenvalue weighted by Crippen LogP contribution is -2.57. The fourth-order valence-corrected chi connectivity index (χ4v) is 6.48. The molecular formula is C31H34ClF2N5O. The van der Waals surface area contributed by atoms with Gasteiger partial charge in [-0.05, 0) is 69.0 Å². The zero-order valence-corrected chi connectivity index (χ0v) is 23.8. The SMILES string of the molecule is Cc1nc2c(N3C[C@@H](C)N(C(c4ccc(F)cc4)c4ccc(F)cc4)C[C@@H]3C)cc(Cl)nc2n1C[C@@H]1CCCO1. The molecule has 2 fully saturated rings. The van der Waals surface area contributed by atoms with Crippen molar-refractivity contribution in [3.63, 3.8) is 0 Å². The normalized spacial score (nSPS) is 22.1. The molecule has 2 saturated heterocycles. The molecule has 40 heavy (non-hydrogen) atoms. The fourth-order valence-electron chi connectivity index (χ4n) is 6.30. The Kier molecular flexibility index (Phi) is 7.50. The van der Waals surface area contributed by atoms with Crippen LogP contribution in [-0.2, 0) is 11.3 Å². The number of benzene rings is 2. The molecule has 2 aromatic heterocycles. The van der Waals surface area contributed by atoms with E-state index in [2.05, 4.69) is 33.2 Å². The van der Waals surface area contributed by atoms with Gasteiger partial charge in [-0.3, -0.25) is 4.90 Å². The van der Waals surface area contributed by atoms with Gasteiger partial charge in [-0.15, -0.1) is 0 Å². The molecule has 4 aromatic rings. The minimum Gasteiger partial charge on any atom is -0.376 e. The molecule has 4 heterocycles. The molecule has 6 rings (SSSR count). The number of aromatic nitrogens is 3. The van der Waals surface area contributed by atoms with Gasteiger partial charge in [0.25, 0.3) is 0 Å². The predicted octanol–water partition coefficient (Wildman–Crippen LogP) is 6.54. The zero-order chi connectivity index (χ0) is 28.0. The van der Waals surface area contributed by atoms with Gasteiger partial charge in [0.05, 0.1) is 24.4 Å². The average molecular weight is 566 g/mol. The van der Waals surface area contributed by atoms with Crippen LogP contribution in [-0.4, -0.2) is 57.3 Å². The third-order valence-corrected chi connectivity index (χ3v) is 8.49. The maximum atomic E-state index is 13.8. The third kappa shape index (κ3) is 5.20. The first kappa shape index (κ1) is 27.1. The van der Waals surface area contributed by atoms with Gasteiger partial charge in [0.15, 0.2) is 5.65 Å². The van der Waals surface area contributed by atoms with Crippen molar-refractivity contribution in [2.45, 2.75) is 64.4 Å². The Morgan fingerprint density at radius 1 is 0.950 bits per heavy atom. The standard InChI is InChI=1S/C31H34ClF2N5O/c1-19-17-38(30(22-6-10-24(33)11-7-22)23-8-12-25(34)13-9-23)20(2)16-37(19)27-15-28(32)36-31-29(27)35-21(3)39(31)18-26-5-4-14-40-26/h6-13,15,19-20,26,30H,4-5,14,16-18H2,1-3H3/t19-,20+,26-/m0/s1. The lowest BCUT2D eigenvalue weighted by molar-refractivity contribution is 0.0973. The maximum Gasteiger partial charge on any atom is 0.163 e. The second-order valence-electron chi connectivity index (χ2n) is 11.1. The first-order valence-corrected chi connectivity index (χ1v) is 14.3. The number of rotatable bonds is 6. The number of anilines is 1. The Morgan fingerprint density at radius 3 is 2.20 bits per heavy atom. The summed E-state index contributed by atoms with van der Waals surface area (Å²) >= 11 is 6.61. The van der Waals surface area contributed by atoms with E-state index < -0.39 is 0 Å². The number of nitrogens with zero attached hydrogens (tertiary/aromatic N) is 5. The second-order valence-corrected chi connectivity index (χ2v) is 11.5. The highest BCUT2D eigenvalue weighted by Crippen LogP contribution is 2.37. The molecule has 6 nitrogen and oxygen atoms in total. The average Bonchev–Trinajstić information content (AvgIpc) is 3.56. The Bertz CT molecular complexity index is 1440. The minimum absolute atomic E-state index is 0.116.